The van der Waals surface area contributed by atoms with Gasteiger partial charge in [0.2, 0.25) is 5.91 Å². The van der Waals surface area contributed by atoms with E-state index in [9.17, 15) is 19.5 Å². The Kier molecular flexibility index (Phi) is 8.78. The maximum Gasteiger partial charge on any atom is 0.310 e. The van der Waals surface area contributed by atoms with E-state index >= 15 is 0 Å². The minimum Gasteiger partial charge on any atom is -0.481 e. The summed E-state index contributed by atoms with van der Waals surface area (Å²) in [4.78, 5) is 45.8. The summed E-state index contributed by atoms with van der Waals surface area (Å²) < 4.78 is 6.32. The molecule has 3 aliphatic rings. The first-order valence-corrected chi connectivity index (χ1v) is 13.9. The van der Waals surface area contributed by atoms with Crippen molar-refractivity contribution in [2.24, 2.45) is 11.8 Å². The summed E-state index contributed by atoms with van der Waals surface area (Å²) in [5.74, 6) is -3.40. The topological polar surface area (TPSA) is 111 Å². The van der Waals surface area contributed by atoms with E-state index in [0.717, 1.165) is 31.6 Å². The summed E-state index contributed by atoms with van der Waals surface area (Å²) >= 11 is 0. The van der Waals surface area contributed by atoms with Gasteiger partial charge in [-0.3, -0.25) is 14.4 Å². The number of carbonyl (C=O) groups excluding carboxylic acids is 2. The third-order valence-corrected chi connectivity index (χ3v) is 8.49. The number of aliphatic carboxylic acids is 1. The fourth-order valence-corrected chi connectivity index (χ4v) is 6.73. The molecular weight excluding hydrogens is 486 g/mol. The molecule has 4 rings (SSSR count). The molecule has 3 saturated heterocycles. The van der Waals surface area contributed by atoms with Crippen LogP contribution in [0.15, 0.2) is 36.9 Å². The van der Waals surface area contributed by atoms with E-state index in [4.69, 9.17) is 9.84 Å². The van der Waals surface area contributed by atoms with Crippen molar-refractivity contribution in [2.45, 2.75) is 70.1 Å². The van der Waals surface area contributed by atoms with E-state index in [1.165, 1.54) is 0 Å². The second kappa shape index (κ2) is 11.9. The lowest BCUT2D eigenvalue weighted by molar-refractivity contribution is -0.149. The van der Waals surface area contributed by atoms with Crippen LogP contribution < -0.4 is 9.80 Å². The van der Waals surface area contributed by atoms with Crippen LogP contribution in [0.3, 0.4) is 0 Å². The number of anilines is 2. The van der Waals surface area contributed by atoms with Crippen LogP contribution in [0.4, 0.5) is 11.4 Å². The Bertz CT molecular complexity index is 1030. The molecule has 38 heavy (non-hydrogen) atoms. The fraction of sp³-hybridized carbons (Fsp3) is 0.621. The molecule has 2 N–H and O–H groups in total. The summed E-state index contributed by atoms with van der Waals surface area (Å²) in [6.07, 6.45) is 5.10. The molecule has 1 aromatic carbocycles. The number of hydrogen-bond donors (Lipinski definition) is 2. The third kappa shape index (κ3) is 4.82. The van der Waals surface area contributed by atoms with E-state index in [2.05, 4.69) is 25.3 Å². The van der Waals surface area contributed by atoms with Crippen LogP contribution in [0.1, 0.15) is 52.4 Å². The number of carboxylic acids is 1. The maximum atomic E-state index is 14.4. The summed E-state index contributed by atoms with van der Waals surface area (Å²) in [6.45, 7) is 10.5. The highest BCUT2D eigenvalue weighted by molar-refractivity contribution is 6.04. The number of aliphatic hydroxyl groups excluding tert-OH is 1. The number of carboxylic acid groups (broad SMARTS) is 1. The fourth-order valence-electron chi connectivity index (χ4n) is 6.73. The second-order valence-electron chi connectivity index (χ2n) is 10.5. The quantitative estimate of drug-likeness (QED) is 0.283. The first-order valence-electron chi connectivity index (χ1n) is 13.9. The molecule has 2 bridgehead atoms. The number of fused-ring (bicyclic) bond motifs is 1. The lowest BCUT2D eigenvalue weighted by Crippen LogP contribution is -2.56. The average Bonchev–Trinajstić information content (AvgIpc) is 3.55. The molecule has 0 aliphatic carbocycles. The molecule has 0 aromatic heterocycles. The Morgan fingerprint density at radius 3 is 2.39 bits per heavy atom. The number of likely N-dealkylation sites (tertiary alicyclic amines) is 1. The molecule has 1 aromatic rings. The number of benzene rings is 1. The van der Waals surface area contributed by atoms with Crippen LogP contribution in [0.5, 0.6) is 0 Å². The molecule has 3 heterocycles. The van der Waals surface area contributed by atoms with Gasteiger partial charge in [-0.15, -0.1) is 6.58 Å². The Morgan fingerprint density at radius 2 is 1.79 bits per heavy atom. The van der Waals surface area contributed by atoms with Gasteiger partial charge in [-0.2, -0.15) is 0 Å². The molecule has 0 saturated carbocycles. The monoisotopic (exact) mass is 527 g/mol. The highest BCUT2D eigenvalue weighted by Crippen LogP contribution is 2.58. The zero-order chi connectivity index (χ0) is 27.4. The number of amides is 2. The first kappa shape index (κ1) is 28.1. The number of aliphatic hydroxyl groups is 1. The van der Waals surface area contributed by atoms with Crippen LogP contribution in [0.2, 0.25) is 0 Å². The van der Waals surface area contributed by atoms with Gasteiger partial charge in [0.05, 0.1) is 17.9 Å². The van der Waals surface area contributed by atoms with Crippen molar-refractivity contribution in [1.82, 2.24) is 4.90 Å². The van der Waals surface area contributed by atoms with E-state index in [0.29, 0.717) is 37.9 Å². The number of unbranched alkanes of at least 4 members (excludes halogenated alkanes) is 3. The highest BCUT2D eigenvalue weighted by Gasteiger charge is 2.74. The van der Waals surface area contributed by atoms with Crippen molar-refractivity contribution in [1.29, 1.82) is 0 Å². The Hall–Kier alpha value is -2.91. The zero-order valence-corrected chi connectivity index (χ0v) is 22.6. The minimum atomic E-state index is -1.13. The van der Waals surface area contributed by atoms with Crippen molar-refractivity contribution in [3.8, 4) is 0 Å². The van der Waals surface area contributed by atoms with Gasteiger partial charge in [0, 0.05) is 44.2 Å². The van der Waals surface area contributed by atoms with Crippen LogP contribution in [0, 0.1) is 11.8 Å². The predicted octanol–water partition coefficient (Wildman–Crippen LogP) is 3.06. The van der Waals surface area contributed by atoms with Gasteiger partial charge in [0.1, 0.15) is 11.6 Å². The first-order chi connectivity index (χ1) is 18.3. The van der Waals surface area contributed by atoms with Crippen molar-refractivity contribution in [3.05, 3.63) is 36.9 Å². The van der Waals surface area contributed by atoms with Gasteiger partial charge >= 0.3 is 5.97 Å². The summed E-state index contributed by atoms with van der Waals surface area (Å²) in [5, 5.41) is 19.1. The third-order valence-electron chi connectivity index (χ3n) is 8.49. The molecular formula is C29H41N3O6. The largest absolute Gasteiger partial charge is 0.481 e. The maximum absolute atomic E-state index is 14.4. The average molecular weight is 528 g/mol. The molecule has 2 amide bonds. The van der Waals surface area contributed by atoms with E-state index in [1.807, 2.05) is 24.3 Å². The Labute approximate surface area is 225 Å². The standard InChI is InChI=1S/C29H41N3O6/c1-4-17-31(21-13-11-20(12-14-21)30(5-2)6-3)27(35)25-29-16-15-22(38-29)23(28(36)37)24(29)26(34)32(25)18-9-7-8-10-19-33/h4,11-14,22-25,33H,1,5-10,15-19H2,2-3H3,(H,36,37)/t22-,23+,24+,25?,29?/m1/s1. The number of carbonyl (C=O) groups is 3. The van der Waals surface area contributed by atoms with Crippen molar-refractivity contribution < 1.29 is 29.3 Å². The van der Waals surface area contributed by atoms with Gasteiger partial charge in [-0.1, -0.05) is 18.9 Å². The number of rotatable bonds is 14. The van der Waals surface area contributed by atoms with Gasteiger partial charge < -0.3 is 29.6 Å². The minimum absolute atomic E-state index is 0.119. The summed E-state index contributed by atoms with van der Waals surface area (Å²) in [6, 6.07) is 6.91. The molecule has 0 radical (unpaired) electrons. The van der Waals surface area contributed by atoms with E-state index in [1.54, 1.807) is 15.9 Å². The molecule has 3 fully saturated rings. The van der Waals surface area contributed by atoms with Crippen LogP contribution >= 0.6 is 0 Å². The van der Waals surface area contributed by atoms with E-state index in [-0.39, 0.29) is 25.0 Å². The van der Waals surface area contributed by atoms with Crippen molar-refractivity contribution in [2.75, 3.05) is 42.6 Å². The summed E-state index contributed by atoms with van der Waals surface area (Å²) in [7, 11) is 0. The zero-order valence-electron chi connectivity index (χ0n) is 22.6. The molecule has 208 valence electrons. The van der Waals surface area contributed by atoms with Crippen LogP contribution in [-0.2, 0) is 19.1 Å². The molecule has 5 atom stereocenters. The summed E-state index contributed by atoms with van der Waals surface area (Å²) in [5.41, 5.74) is 0.627. The Balaban J connectivity index is 1.67. The van der Waals surface area contributed by atoms with Gasteiger partial charge in [0.15, 0.2) is 0 Å². The number of nitrogens with zero attached hydrogens (tertiary/aromatic N) is 3. The lowest BCUT2D eigenvalue weighted by atomic mass is 9.70. The highest BCUT2D eigenvalue weighted by atomic mass is 16.5. The predicted molar refractivity (Wildman–Crippen MR) is 145 cm³/mol. The van der Waals surface area contributed by atoms with Crippen LogP contribution in [0.25, 0.3) is 0 Å². The second-order valence-corrected chi connectivity index (χ2v) is 10.5. The van der Waals surface area contributed by atoms with Crippen molar-refractivity contribution >= 4 is 29.2 Å². The number of ether oxygens (including phenoxy) is 1. The molecule has 2 unspecified atom stereocenters. The molecule has 9 heteroatoms. The molecule has 1 spiro atoms. The van der Waals surface area contributed by atoms with E-state index < -0.39 is 35.6 Å². The van der Waals surface area contributed by atoms with Crippen molar-refractivity contribution in [3.63, 3.8) is 0 Å². The SMILES string of the molecule is C=CCN(C(=O)C1N(CCCCCCO)C(=O)[C@@H]2[C@@H](C(=O)O)[C@H]3CCC12O3)c1ccc(N(CC)CC)cc1. The van der Waals surface area contributed by atoms with Crippen LogP contribution in [-0.4, -0.2) is 83.4 Å². The Morgan fingerprint density at radius 1 is 1.13 bits per heavy atom. The molecule has 3 aliphatic heterocycles. The van der Waals surface area contributed by atoms with Gasteiger partial charge in [0.25, 0.3) is 5.91 Å². The normalized spacial score (nSPS) is 27.4. The smallest absolute Gasteiger partial charge is 0.310 e. The number of hydrogen-bond acceptors (Lipinski definition) is 6. The van der Waals surface area contributed by atoms with Gasteiger partial charge in [-0.05, 0) is 63.8 Å². The lowest BCUT2D eigenvalue weighted by Gasteiger charge is -2.37. The van der Waals surface area contributed by atoms with Gasteiger partial charge in [-0.25, -0.2) is 0 Å². The molecule has 9 nitrogen and oxygen atoms in total.